The molecule has 19 heavy (non-hydrogen) atoms. The zero-order chi connectivity index (χ0) is 13.6. The molecule has 0 aromatic carbocycles. The third-order valence-electron chi connectivity index (χ3n) is 3.93. The van der Waals surface area contributed by atoms with Gasteiger partial charge in [0.1, 0.15) is 5.56 Å². The van der Waals surface area contributed by atoms with Crippen molar-refractivity contribution in [1.82, 2.24) is 20.2 Å². The lowest BCUT2D eigenvalue weighted by atomic mass is 9.71. The molecule has 2 aromatic heterocycles. The van der Waals surface area contributed by atoms with Crippen LogP contribution in [-0.2, 0) is 11.8 Å². The zero-order valence-corrected chi connectivity index (χ0v) is 10.7. The van der Waals surface area contributed by atoms with E-state index in [0.717, 1.165) is 17.0 Å². The molecule has 2 heterocycles. The Labute approximate surface area is 109 Å². The summed E-state index contributed by atoms with van der Waals surface area (Å²) in [5.41, 5.74) is 3.44. The van der Waals surface area contributed by atoms with Crippen LogP contribution in [0.2, 0.25) is 0 Å². The van der Waals surface area contributed by atoms with Gasteiger partial charge in [-0.15, -0.1) is 0 Å². The Balaban J connectivity index is 2.14. The minimum atomic E-state index is -0.965. The molecule has 0 spiro atoms. The molecule has 0 saturated heterocycles. The SMILES string of the molecule is CC1=Cc2nc[nH]c2CC1(C)c1[nH]ncc1C(=O)O. The molecule has 0 aliphatic heterocycles. The number of carbonyl (C=O) groups is 1. The van der Waals surface area contributed by atoms with Crippen LogP contribution < -0.4 is 0 Å². The monoisotopic (exact) mass is 258 g/mol. The van der Waals surface area contributed by atoms with Crippen molar-refractivity contribution >= 4 is 12.0 Å². The molecule has 3 rings (SSSR count). The molecule has 1 unspecified atom stereocenters. The molecular formula is C13H14N4O2. The Morgan fingerprint density at radius 1 is 1.53 bits per heavy atom. The number of nitrogens with zero attached hydrogens (tertiary/aromatic N) is 2. The van der Waals surface area contributed by atoms with Crippen LogP contribution in [0.5, 0.6) is 0 Å². The number of hydrogen-bond donors (Lipinski definition) is 3. The van der Waals surface area contributed by atoms with Crippen molar-refractivity contribution in [2.45, 2.75) is 25.7 Å². The molecule has 0 saturated carbocycles. The predicted octanol–water partition coefficient (Wildman–Crippen LogP) is 1.75. The molecule has 6 heteroatoms. The van der Waals surface area contributed by atoms with Crippen molar-refractivity contribution < 1.29 is 9.90 Å². The maximum absolute atomic E-state index is 11.3. The molecular weight excluding hydrogens is 244 g/mol. The third-order valence-corrected chi connectivity index (χ3v) is 3.93. The lowest BCUT2D eigenvalue weighted by Gasteiger charge is -2.32. The van der Waals surface area contributed by atoms with Gasteiger partial charge in [0.15, 0.2) is 0 Å². The Morgan fingerprint density at radius 2 is 2.32 bits per heavy atom. The summed E-state index contributed by atoms with van der Waals surface area (Å²) in [6, 6.07) is 0. The van der Waals surface area contributed by atoms with Crippen molar-refractivity contribution in [2.24, 2.45) is 0 Å². The van der Waals surface area contributed by atoms with E-state index in [9.17, 15) is 9.90 Å². The highest BCUT2D eigenvalue weighted by molar-refractivity contribution is 5.89. The Bertz CT molecular complexity index is 682. The van der Waals surface area contributed by atoms with Gasteiger partial charge in [-0.2, -0.15) is 5.10 Å². The van der Waals surface area contributed by atoms with Crippen molar-refractivity contribution in [3.63, 3.8) is 0 Å². The van der Waals surface area contributed by atoms with Gasteiger partial charge in [0.2, 0.25) is 0 Å². The lowest BCUT2D eigenvalue weighted by molar-refractivity contribution is 0.0694. The van der Waals surface area contributed by atoms with E-state index in [2.05, 4.69) is 20.2 Å². The highest BCUT2D eigenvalue weighted by Gasteiger charge is 2.38. The van der Waals surface area contributed by atoms with Crippen LogP contribution in [0, 0.1) is 0 Å². The first-order chi connectivity index (χ1) is 9.02. The second-order valence-corrected chi connectivity index (χ2v) is 5.07. The first-order valence-corrected chi connectivity index (χ1v) is 6.00. The summed E-state index contributed by atoms with van der Waals surface area (Å²) >= 11 is 0. The molecule has 0 fully saturated rings. The van der Waals surface area contributed by atoms with E-state index in [1.807, 2.05) is 19.9 Å². The standard InChI is InChI=1S/C13H14N4O2/c1-7-3-9-10(15-6-14-9)4-13(7,2)11-8(12(18)19)5-16-17-11/h3,5-6H,4H2,1-2H3,(H,14,15)(H,16,17)(H,18,19). The van der Waals surface area contributed by atoms with E-state index in [-0.39, 0.29) is 5.56 Å². The summed E-state index contributed by atoms with van der Waals surface area (Å²) in [5, 5.41) is 16.0. The summed E-state index contributed by atoms with van der Waals surface area (Å²) < 4.78 is 0. The molecule has 0 radical (unpaired) electrons. The number of carboxylic acids is 1. The van der Waals surface area contributed by atoms with Crippen LogP contribution in [0.1, 0.15) is 41.3 Å². The molecule has 6 nitrogen and oxygen atoms in total. The fourth-order valence-corrected chi connectivity index (χ4v) is 2.61. The smallest absolute Gasteiger partial charge is 0.339 e. The minimum Gasteiger partial charge on any atom is -0.478 e. The normalized spacial score (nSPS) is 21.9. The predicted molar refractivity (Wildman–Crippen MR) is 68.8 cm³/mol. The molecule has 2 aromatic rings. The van der Waals surface area contributed by atoms with Gasteiger partial charge in [-0.1, -0.05) is 5.57 Å². The average molecular weight is 258 g/mol. The van der Waals surface area contributed by atoms with Crippen molar-refractivity contribution in [3.05, 3.63) is 40.7 Å². The third kappa shape index (κ3) is 1.60. The van der Waals surface area contributed by atoms with E-state index < -0.39 is 11.4 Å². The van der Waals surface area contributed by atoms with E-state index in [1.165, 1.54) is 6.20 Å². The Kier molecular flexibility index (Phi) is 2.35. The number of aromatic carboxylic acids is 1. The van der Waals surface area contributed by atoms with Crippen LogP contribution in [0.3, 0.4) is 0 Å². The Hall–Kier alpha value is -2.37. The summed E-state index contributed by atoms with van der Waals surface area (Å²) in [5.74, 6) is -0.965. The van der Waals surface area contributed by atoms with Gasteiger partial charge >= 0.3 is 5.97 Å². The van der Waals surface area contributed by atoms with Crippen molar-refractivity contribution in [1.29, 1.82) is 0 Å². The van der Waals surface area contributed by atoms with Crippen LogP contribution in [0.25, 0.3) is 6.08 Å². The average Bonchev–Trinajstić information content (AvgIpc) is 2.97. The van der Waals surface area contributed by atoms with Crippen LogP contribution in [0.4, 0.5) is 0 Å². The van der Waals surface area contributed by atoms with Gasteiger partial charge in [-0.25, -0.2) is 9.78 Å². The summed E-state index contributed by atoms with van der Waals surface area (Å²) in [7, 11) is 0. The number of fused-ring (bicyclic) bond motifs is 1. The van der Waals surface area contributed by atoms with Crippen LogP contribution >= 0.6 is 0 Å². The van der Waals surface area contributed by atoms with Gasteiger partial charge < -0.3 is 10.1 Å². The maximum Gasteiger partial charge on any atom is 0.339 e. The number of imidazole rings is 1. The number of aromatic nitrogens is 4. The number of hydrogen-bond acceptors (Lipinski definition) is 3. The summed E-state index contributed by atoms with van der Waals surface area (Å²) in [4.78, 5) is 18.6. The fraction of sp³-hybridized carbons (Fsp3) is 0.308. The van der Waals surface area contributed by atoms with Gasteiger partial charge in [-0.05, 0) is 19.9 Å². The summed E-state index contributed by atoms with van der Waals surface area (Å²) in [6.45, 7) is 4.01. The highest BCUT2D eigenvalue weighted by Crippen LogP contribution is 2.40. The van der Waals surface area contributed by atoms with Gasteiger partial charge in [0.05, 0.1) is 23.9 Å². The van der Waals surface area contributed by atoms with Crippen LogP contribution in [0.15, 0.2) is 18.1 Å². The van der Waals surface area contributed by atoms with E-state index in [4.69, 9.17) is 0 Å². The van der Waals surface area contributed by atoms with Gasteiger partial charge in [-0.3, -0.25) is 5.10 Å². The highest BCUT2D eigenvalue weighted by atomic mass is 16.4. The molecule has 0 amide bonds. The first-order valence-electron chi connectivity index (χ1n) is 6.00. The molecule has 1 aliphatic carbocycles. The molecule has 1 aliphatic rings. The second-order valence-electron chi connectivity index (χ2n) is 5.07. The number of nitrogens with one attached hydrogen (secondary N) is 2. The van der Waals surface area contributed by atoms with E-state index in [0.29, 0.717) is 12.1 Å². The quantitative estimate of drug-likeness (QED) is 0.764. The number of allylic oxidation sites excluding steroid dienone is 1. The topological polar surface area (TPSA) is 94.7 Å². The maximum atomic E-state index is 11.3. The molecule has 98 valence electrons. The minimum absolute atomic E-state index is 0.221. The zero-order valence-electron chi connectivity index (χ0n) is 10.7. The lowest BCUT2D eigenvalue weighted by Crippen LogP contribution is -2.31. The van der Waals surface area contributed by atoms with Gasteiger partial charge in [0, 0.05) is 17.5 Å². The van der Waals surface area contributed by atoms with Crippen molar-refractivity contribution in [2.75, 3.05) is 0 Å². The number of carboxylic acid groups (broad SMARTS) is 1. The number of rotatable bonds is 2. The largest absolute Gasteiger partial charge is 0.478 e. The molecule has 3 N–H and O–H groups in total. The fourth-order valence-electron chi connectivity index (χ4n) is 2.61. The van der Waals surface area contributed by atoms with E-state index >= 15 is 0 Å². The summed E-state index contributed by atoms with van der Waals surface area (Å²) in [6.07, 6.45) is 5.68. The van der Waals surface area contributed by atoms with Crippen molar-refractivity contribution in [3.8, 4) is 0 Å². The second kappa shape index (κ2) is 3.81. The van der Waals surface area contributed by atoms with Crippen LogP contribution in [-0.4, -0.2) is 31.2 Å². The Morgan fingerprint density at radius 3 is 3.05 bits per heavy atom. The van der Waals surface area contributed by atoms with E-state index in [1.54, 1.807) is 6.33 Å². The number of aromatic amines is 2. The number of H-pyrrole nitrogens is 2. The molecule has 0 bridgehead atoms. The molecule has 1 atom stereocenters. The first kappa shape index (κ1) is 11.7. The van der Waals surface area contributed by atoms with Gasteiger partial charge in [0.25, 0.3) is 0 Å².